The zero-order valence-corrected chi connectivity index (χ0v) is 14.6. The van der Waals surface area contributed by atoms with Crippen molar-refractivity contribution in [2.24, 2.45) is 0 Å². The highest BCUT2D eigenvalue weighted by atomic mass is 32.2. The fraction of sp³-hybridized carbons (Fsp3) is 0.786. The Kier molecular flexibility index (Phi) is 7.17. The van der Waals surface area contributed by atoms with E-state index in [-0.39, 0.29) is 23.2 Å². The Morgan fingerprint density at radius 3 is 2.48 bits per heavy atom. The molecule has 0 aliphatic heterocycles. The quantitative estimate of drug-likeness (QED) is 0.687. The third-order valence-electron chi connectivity index (χ3n) is 3.11. The molecule has 0 fully saturated rings. The normalized spacial score (nSPS) is 13.0. The summed E-state index contributed by atoms with van der Waals surface area (Å²) in [5.74, 6) is 0.131. The molecule has 0 saturated heterocycles. The van der Waals surface area contributed by atoms with Gasteiger partial charge in [-0.25, -0.2) is 0 Å². The molecule has 1 atom stereocenters. The number of hydrogen-bond acceptors (Lipinski definition) is 5. The smallest absolute Gasteiger partial charge is 0.236 e. The lowest BCUT2D eigenvalue weighted by Gasteiger charge is -2.32. The van der Waals surface area contributed by atoms with E-state index < -0.39 is 0 Å². The highest BCUT2D eigenvalue weighted by Gasteiger charge is 2.26. The number of carbonyl (C=O) groups is 1. The Hall–Kier alpha value is -1.08. The van der Waals surface area contributed by atoms with Gasteiger partial charge in [0.1, 0.15) is 6.33 Å². The van der Waals surface area contributed by atoms with Gasteiger partial charge in [0.15, 0.2) is 5.16 Å². The lowest BCUT2D eigenvalue weighted by Crippen LogP contribution is -2.45. The molecule has 1 amide bonds. The molecule has 0 aliphatic carbocycles. The summed E-state index contributed by atoms with van der Waals surface area (Å²) < 4.78 is 6.97. The van der Waals surface area contributed by atoms with Crippen LogP contribution < -0.4 is 0 Å². The average molecular weight is 314 g/mol. The SMILES string of the molecule is COCCn1cnnc1SC(C)C(=O)N(C(C)C)C(C)C. The van der Waals surface area contributed by atoms with Crippen molar-refractivity contribution in [2.45, 2.75) is 63.7 Å². The zero-order chi connectivity index (χ0) is 16.0. The van der Waals surface area contributed by atoms with Crippen LogP contribution in [0.5, 0.6) is 0 Å². The monoisotopic (exact) mass is 314 g/mol. The van der Waals surface area contributed by atoms with Gasteiger partial charge in [-0.1, -0.05) is 11.8 Å². The molecule has 0 saturated carbocycles. The number of ether oxygens (including phenoxy) is 1. The highest BCUT2D eigenvalue weighted by molar-refractivity contribution is 8.00. The Morgan fingerprint density at radius 2 is 1.95 bits per heavy atom. The van der Waals surface area contributed by atoms with Crippen molar-refractivity contribution < 1.29 is 9.53 Å². The maximum atomic E-state index is 12.6. The van der Waals surface area contributed by atoms with Crippen molar-refractivity contribution in [1.29, 1.82) is 0 Å². The summed E-state index contributed by atoms with van der Waals surface area (Å²) in [4.78, 5) is 14.5. The van der Waals surface area contributed by atoms with Crippen LogP contribution in [0, 0.1) is 0 Å². The predicted molar refractivity (Wildman–Crippen MR) is 84.3 cm³/mol. The molecule has 0 spiro atoms. The average Bonchev–Trinajstić information content (AvgIpc) is 2.82. The molecule has 1 rings (SSSR count). The molecule has 1 aromatic heterocycles. The zero-order valence-electron chi connectivity index (χ0n) is 13.7. The lowest BCUT2D eigenvalue weighted by atomic mass is 10.2. The summed E-state index contributed by atoms with van der Waals surface area (Å²) in [6.45, 7) is 11.3. The Balaban J connectivity index is 2.74. The van der Waals surface area contributed by atoms with Gasteiger partial charge < -0.3 is 14.2 Å². The van der Waals surface area contributed by atoms with Crippen molar-refractivity contribution >= 4 is 17.7 Å². The van der Waals surface area contributed by atoms with Gasteiger partial charge in [-0.2, -0.15) is 0 Å². The third-order valence-corrected chi connectivity index (χ3v) is 4.20. The van der Waals surface area contributed by atoms with Crippen LogP contribution in [0.2, 0.25) is 0 Å². The van der Waals surface area contributed by atoms with Crippen LogP contribution in [0.3, 0.4) is 0 Å². The van der Waals surface area contributed by atoms with E-state index in [9.17, 15) is 4.79 Å². The Morgan fingerprint density at radius 1 is 1.33 bits per heavy atom. The molecule has 1 unspecified atom stereocenters. The van der Waals surface area contributed by atoms with Crippen molar-refractivity contribution in [1.82, 2.24) is 19.7 Å². The molecular formula is C14H26N4O2S. The molecular weight excluding hydrogens is 288 g/mol. The first-order chi connectivity index (χ1) is 9.88. The van der Waals surface area contributed by atoms with E-state index in [1.54, 1.807) is 13.4 Å². The van der Waals surface area contributed by atoms with Crippen molar-refractivity contribution in [2.75, 3.05) is 13.7 Å². The van der Waals surface area contributed by atoms with E-state index in [0.717, 1.165) is 5.16 Å². The molecule has 0 radical (unpaired) electrons. The summed E-state index contributed by atoms with van der Waals surface area (Å²) in [5.41, 5.74) is 0. The van der Waals surface area contributed by atoms with Crippen LogP contribution >= 0.6 is 11.8 Å². The number of amides is 1. The van der Waals surface area contributed by atoms with E-state index in [2.05, 4.69) is 10.2 Å². The number of nitrogens with zero attached hydrogens (tertiary/aromatic N) is 4. The molecule has 0 aromatic carbocycles. The molecule has 120 valence electrons. The lowest BCUT2D eigenvalue weighted by molar-refractivity contribution is -0.133. The molecule has 0 N–H and O–H groups in total. The topological polar surface area (TPSA) is 60.2 Å². The second-order valence-corrected chi connectivity index (χ2v) is 6.80. The van der Waals surface area contributed by atoms with Crippen LogP contribution in [-0.4, -0.2) is 56.6 Å². The van der Waals surface area contributed by atoms with Crippen LogP contribution in [0.25, 0.3) is 0 Å². The number of hydrogen-bond donors (Lipinski definition) is 0. The van der Waals surface area contributed by atoms with Gasteiger partial charge in [0.2, 0.25) is 5.91 Å². The van der Waals surface area contributed by atoms with E-state index in [1.165, 1.54) is 11.8 Å². The van der Waals surface area contributed by atoms with Gasteiger partial charge >= 0.3 is 0 Å². The minimum Gasteiger partial charge on any atom is -0.383 e. The van der Waals surface area contributed by atoms with E-state index >= 15 is 0 Å². The maximum absolute atomic E-state index is 12.6. The summed E-state index contributed by atoms with van der Waals surface area (Å²) in [5, 5.41) is 8.56. The Bertz CT molecular complexity index is 440. The fourth-order valence-electron chi connectivity index (χ4n) is 2.20. The third kappa shape index (κ3) is 5.00. The van der Waals surface area contributed by atoms with E-state index in [0.29, 0.717) is 13.2 Å². The van der Waals surface area contributed by atoms with Crippen LogP contribution in [0.4, 0.5) is 0 Å². The molecule has 7 heteroatoms. The van der Waals surface area contributed by atoms with Gasteiger partial charge in [0.05, 0.1) is 11.9 Å². The molecule has 6 nitrogen and oxygen atoms in total. The molecule has 21 heavy (non-hydrogen) atoms. The van der Waals surface area contributed by atoms with Gasteiger partial charge in [-0.05, 0) is 34.6 Å². The fourth-order valence-corrected chi connectivity index (χ4v) is 3.11. The van der Waals surface area contributed by atoms with Gasteiger partial charge in [-0.15, -0.1) is 10.2 Å². The standard InChI is InChI=1S/C14H26N4O2S/c1-10(2)18(11(3)4)13(19)12(5)21-14-16-15-9-17(14)7-8-20-6/h9-12H,7-8H2,1-6H3. The summed E-state index contributed by atoms with van der Waals surface area (Å²) >= 11 is 1.44. The highest BCUT2D eigenvalue weighted by Crippen LogP contribution is 2.24. The molecule has 1 heterocycles. The maximum Gasteiger partial charge on any atom is 0.236 e. The number of carbonyl (C=O) groups excluding carboxylic acids is 1. The van der Waals surface area contributed by atoms with Crippen LogP contribution in [0.1, 0.15) is 34.6 Å². The van der Waals surface area contributed by atoms with E-state index in [4.69, 9.17) is 4.74 Å². The first kappa shape index (κ1) is 18.0. The molecule has 0 aliphatic rings. The Labute approximate surface area is 131 Å². The first-order valence-electron chi connectivity index (χ1n) is 7.24. The van der Waals surface area contributed by atoms with Crippen LogP contribution in [0.15, 0.2) is 11.5 Å². The molecule has 0 bridgehead atoms. The number of rotatable bonds is 8. The van der Waals surface area contributed by atoms with Crippen LogP contribution in [-0.2, 0) is 16.1 Å². The number of methoxy groups -OCH3 is 1. The van der Waals surface area contributed by atoms with Gasteiger partial charge in [0, 0.05) is 25.7 Å². The van der Waals surface area contributed by atoms with Crippen molar-refractivity contribution in [3.63, 3.8) is 0 Å². The first-order valence-corrected chi connectivity index (χ1v) is 8.12. The number of aromatic nitrogens is 3. The summed E-state index contributed by atoms with van der Waals surface area (Å²) in [6.07, 6.45) is 1.67. The summed E-state index contributed by atoms with van der Waals surface area (Å²) in [7, 11) is 1.66. The largest absolute Gasteiger partial charge is 0.383 e. The summed E-state index contributed by atoms with van der Waals surface area (Å²) in [6, 6.07) is 0.374. The second-order valence-electron chi connectivity index (χ2n) is 5.49. The minimum absolute atomic E-state index is 0.131. The van der Waals surface area contributed by atoms with Gasteiger partial charge in [0.25, 0.3) is 0 Å². The molecule has 1 aromatic rings. The number of thioether (sulfide) groups is 1. The van der Waals surface area contributed by atoms with Crippen molar-refractivity contribution in [3.05, 3.63) is 6.33 Å². The second kappa shape index (κ2) is 8.38. The van der Waals surface area contributed by atoms with E-state index in [1.807, 2.05) is 44.1 Å². The van der Waals surface area contributed by atoms with Crippen molar-refractivity contribution in [3.8, 4) is 0 Å². The minimum atomic E-state index is -0.194. The predicted octanol–water partition coefficient (Wildman–Crippen LogP) is 2.05. The van der Waals surface area contributed by atoms with Gasteiger partial charge in [-0.3, -0.25) is 4.79 Å².